The fraction of sp³-hybridized carbons (Fsp3) is 0.524. The number of carbonyl (C=O) groups excluding carboxylic acids is 1. The van der Waals surface area contributed by atoms with Gasteiger partial charge in [-0.25, -0.2) is 22.7 Å². The smallest absolute Gasteiger partial charge is 0.343 e. The van der Waals surface area contributed by atoms with Crippen LogP contribution < -0.4 is 4.57 Å². The third-order valence-electron chi connectivity index (χ3n) is 5.69. The summed E-state index contributed by atoms with van der Waals surface area (Å²) in [5.74, 6) is -3.52. The van der Waals surface area contributed by atoms with Crippen molar-refractivity contribution in [2.45, 2.75) is 50.7 Å². The lowest BCUT2D eigenvalue weighted by Crippen LogP contribution is -2.44. The Balaban J connectivity index is 1.68. The van der Waals surface area contributed by atoms with Crippen LogP contribution >= 0.6 is 0 Å². The molecule has 152 valence electrons. The fourth-order valence-electron chi connectivity index (χ4n) is 3.86. The summed E-state index contributed by atoms with van der Waals surface area (Å²) in [6.07, 6.45) is 3.67. The summed E-state index contributed by atoms with van der Waals surface area (Å²) < 4.78 is 36.9. The Morgan fingerprint density at radius 1 is 1.39 bits per heavy atom. The summed E-state index contributed by atoms with van der Waals surface area (Å²) in [4.78, 5) is 12.8. The Labute approximate surface area is 163 Å². The van der Waals surface area contributed by atoms with E-state index in [9.17, 15) is 18.7 Å². The number of aliphatic hydroxyl groups is 1. The molecule has 0 spiro atoms. The van der Waals surface area contributed by atoms with E-state index in [1.165, 1.54) is 0 Å². The first kappa shape index (κ1) is 20.5. The molecule has 1 aromatic heterocycles. The van der Waals surface area contributed by atoms with Gasteiger partial charge < -0.3 is 9.84 Å². The lowest BCUT2D eigenvalue weighted by molar-refractivity contribution is -0.677. The van der Waals surface area contributed by atoms with Crippen LogP contribution in [0, 0.1) is 12.8 Å². The van der Waals surface area contributed by atoms with Gasteiger partial charge in [0.25, 0.3) is 5.82 Å². The minimum absolute atomic E-state index is 0.0759. The number of hydrogen-bond acceptors (Lipinski definition) is 3. The van der Waals surface area contributed by atoms with Gasteiger partial charge in [-0.15, -0.1) is 0 Å². The van der Waals surface area contributed by atoms with Crippen LogP contribution in [0.5, 0.6) is 0 Å². The highest BCUT2D eigenvalue weighted by atomic mass is 19.3. The van der Waals surface area contributed by atoms with Gasteiger partial charge >= 0.3 is 5.97 Å². The summed E-state index contributed by atoms with van der Waals surface area (Å²) in [6, 6.07) is 8.27. The van der Waals surface area contributed by atoms with Gasteiger partial charge in [0, 0.05) is 32.1 Å². The summed E-state index contributed by atoms with van der Waals surface area (Å²) in [6.45, 7) is 2.75. The maximum Gasteiger partial charge on any atom is 0.343 e. The van der Waals surface area contributed by atoms with Crippen molar-refractivity contribution >= 4 is 5.97 Å². The average molecular weight is 393 g/mol. The molecule has 2 aromatic rings. The third-order valence-corrected chi connectivity index (χ3v) is 5.69. The quantitative estimate of drug-likeness (QED) is 0.447. The minimum atomic E-state index is -2.87. The number of nitrogens with zero attached hydrogens (tertiary/aromatic N) is 2. The molecule has 1 aliphatic carbocycles. The van der Waals surface area contributed by atoms with Gasteiger partial charge in [0.05, 0.1) is 20.2 Å². The summed E-state index contributed by atoms with van der Waals surface area (Å²) in [5, 5.41) is 11.2. The number of rotatable bonds is 7. The van der Waals surface area contributed by atoms with Crippen LogP contribution in [0.1, 0.15) is 37.1 Å². The Kier molecular flexibility index (Phi) is 5.84. The molecule has 1 N–H and O–H groups in total. The standard InChI is InChI=1S/C21H27F2N2O3/c1-16-24(2)12-13-25(16)11-6-14-28-19(26)21(27,17-7-4-3-5-8-17)18-9-10-20(22,23)15-18/h3-5,7-8,12-13,18,27H,6,9-11,14-15H2,1-2H3/q+1/t18-,21-/m0/s1. The largest absolute Gasteiger partial charge is 0.463 e. The number of benzene rings is 1. The predicted octanol–water partition coefficient (Wildman–Crippen LogP) is 2.88. The molecule has 0 amide bonds. The average Bonchev–Trinajstić information content (AvgIpc) is 3.21. The molecular formula is C21H27F2N2O3+. The summed E-state index contributed by atoms with van der Waals surface area (Å²) in [7, 11) is 1.95. The maximum atomic E-state index is 13.8. The number of aromatic nitrogens is 2. The second kappa shape index (κ2) is 7.99. The molecule has 28 heavy (non-hydrogen) atoms. The molecular weight excluding hydrogens is 366 g/mol. The van der Waals surface area contributed by atoms with Gasteiger partial charge in [0.2, 0.25) is 5.92 Å². The summed E-state index contributed by atoms with van der Waals surface area (Å²) >= 11 is 0. The molecule has 1 saturated carbocycles. The van der Waals surface area contributed by atoms with E-state index in [4.69, 9.17) is 4.74 Å². The molecule has 1 aromatic carbocycles. The maximum absolute atomic E-state index is 13.8. The Bertz CT molecular complexity index is 822. The number of aryl methyl sites for hydroxylation is 2. The van der Waals surface area contributed by atoms with Gasteiger partial charge in [-0.05, 0) is 12.0 Å². The van der Waals surface area contributed by atoms with E-state index in [2.05, 4.69) is 0 Å². The van der Waals surface area contributed by atoms with Gasteiger partial charge in [-0.3, -0.25) is 0 Å². The topological polar surface area (TPSA) is 55.3 Å². The lowest BCUT2D eigenvalue weighted by Gasteiger charge is -2.32. The number of carbonyl (C=O) groups is 1. The fourth-order valence-corrected chi connectivity index (χ4v) is 3.86. The van der Waals surface area contributed by atoms with E-state index < -0.39 is 29.8 Å². The van der Waals surface area contributed by atoms with Crippen molar-refractivity contribution in [1.82, 2.24) is 4.57 Å². The van der Waals surface area contributed by atoms with Crippen molar-refractivity contribution < 1.29 is 28.0 Å². The van der Waals surface area contributed by atoms with Crippen molar-refractivity contribution in [2.24, 2.45) is 13.0 Å². The second-order valence-corrected chi connectivity index (χ2v) is 7.57. The molecule has 0 saturated heterocycles. The first-order valence-electron chi connectivity index (χ1n) is 9.58. The first-order chi connectivity index (χ1) is 13.2. The highest BCUT2D eigenvalue weighted by molar-refractivity contribution is 5.81. The molecule has 7 heteroatoms. The van der Waals surface area contributed by atoms with E-state index in [1.807, 2.05) is 35.5 Å². The van der Waals surface area contributed by atoms with Gasteiger partial charge in [-0.1, -0.05) is 30.3 Å². The van der Waals surface area contributed by atoms with E-state index >= 15 is 0 Å². The van der Waals surface area contributed by atoms with Crippen molar-refractivity contribution in [3.63, 3.8) is 0 Å². The van der Waals surface area contributed by atoms with E-state index in [0.717, 1.165) is 5.82 Å². The molecule has 0 aliphatic heterocycles. The van der Waals surface area contributed by atoms with E-state index in [-0.39, 0.29) is 19.4 Å². The van der Waals surface area contributed by atoms with Crippen molar-refractivity contribution in [1.29, 1.82) is 0 Å². The van der Waals surface area contributed by atoms with Crippen LogP contribution in [0.15, 0.2) is 42.7 Å². The Morgan fingerprint density at radius 3 is 2.68 bits per heavy atom. The number of ether oxygens (including phenoxy) is 1. The van der Waals surface area contributed by atoms with Crippen molar-refractivity contribution in [3.05, 3.63) is 54.1 Å². The Morgan fingerprint density at radius 2 is 2.11 bits per heavy atom. The second-order valence-electron chi connectivity index (χ2n) is 7.57. The molecule has 1 heterocycles. The van der Waals surface area contributed by atoms with E-state index in [1.54, 1.807) is 30.3 Å². The van der Waals surface area contributed by atoms with Crippen LogP contribution in [0.3, 0.4) is 0 Å². The van der Waals surface area contributed by atoms with Crippen LogP contribution in [0.25, 0.3) is 0 Å². The summed E-state index contributed by atoms with van der Waals surface area (Å²) in [5.41, 5.74) is -1.76. The van der Waals surface area contributed by atoms with Crippen molar-refractivity contribution in [2.75, 3.05) is 6.61 Å². The normalized spacial score (nSPS) is 20.7. The van der Waals surface area contributed by atoms with Gasteiger partial charge in [0.15, 0.2) is 5.60 Å². The molecule has 0 radical (unpaired) electrons. The van der Waals surface area contributed by atoms with E-state index in [0.29, 0.717) is 18.5 Å². The number of hydrogen-bond donors (Lipinski definition) is 1. The predicted molar refractivity (Wildman–Crippen MR) is 98.5 cm³/mol. The highest BCUT2D eigenvalue weighted by Crippen LogP contribution is 2.47. The van der Waals surface area contributed by atoms with Crippen molar-refractivity contribution in [3.8, 4) is 0 Å². The third kappa shape index (κ3) is 4.09. The molecule has 0 bridgehead atoms. The zero-order chi connectivity index (χ0) is 20.4. The molecule has 5 nitrogen and oxygen atoms in total. The van der Waals surface area contributed by atoms with Crippen LogP contribution in [0.4, 0.5) is 8.78 Å². The molecule has 0 unspecified atom stereocenters. The molecule has 2 atom stereocenters. The number of esters is 1. The Hall–Kier alpha value is -2.28. The minimum Gasteiger partial charge on any atom is -0.463 e. The zero-order valence-corrected chi connectivity index (χ0v) is 16.3. The number of imidazole rings is 1. The SMILES string of the molecule is Cc1n(CCCOC(=O)[C@](O)(c2ccccc2)[C@H]2CCC(F)(F)C2)cc[n+]1C. The van der Waals surface area contributed by atoms with Crippen LogP contribution in [0.2, 0.25) is 0 Å². The zero-order valence-electron chi connectivity index (χ0n) is 16.3. The number of alkyl halides is 2. The monoisotopic (exact) mass is 393 g/mol. The molecule has 1 fully saturated rings. The van der Waals surface area contributed by atoms with Crippen LogP contribution in [-0.2, 0) is 28.7 Å². The lowest BCUT2D eigenvalue weighted by atomic mass is 9.80. The number of halogens is 2. The van der Waals surface area contributed by atoms with Gasteiger partial charge in [0.1, 0.15) is 12.4 Å². The molecule has 3 rings (SSSR count). The first-order valence-corrected chi connectivity index (χ1v) is 9.58. The molecule has 1 aliphatic rings. The van der Waals surface area contributed by atoms with Gasteiger partial charge in [-0.2, -0.15) is 0 Å². The highest BCUT2D eigenvalue weighted by Gasteiger charge is 2.54. The van der Waals surface area contributed by atoms with Crippen LogP contribution in [-0.4, -0.2) is 28.2 Å².